The van der Waals surface area contributed by atoms with Crippen molar-refractivity contribution in [2.24, 2.45) is 17.8 Å². The van der Waals surface area contributed by atoms with Gasteiger partial charge in [-0.3, -0.25) is 4.79 Å². The monoisotopic (exact) mass is 530 g/mol. The van der Waals surface area contributed by atoms with E-state index in [4.69, 9.17) is 16.3 Å². The van der Waals surface area contributed by atoms with Crippen LogP contribution < -0.4 is 5.32 Å². The largest absolute Gasteiger partial charge is 0.452 e. The number of nitrogens with one attached hydrogen (secondary N) is 1. The predicted molar refractivity (Wildman–Crippen MR) is 136 cm³/mol. The molecule has 7 nitrogen and oxygen atoms in total. The van der Waals surface area contributed by atoms with Crippen molar-refractivity contribution >= 4 is 33.5 Å². The van der Waals surface area contributed by atoms with E-state index in [9.17, 15) is 18.0 Å². The first-order chi connectivity index (χ1) is 17.1. The molecule has 0 heterocycles. The fourth-order valence-electron chi connectivity index (χ4n) is 6.73. The van der Waals surface area contributed by atoms with Gasteiger partial charge in [0.15, 0.2) is 6.61 Å². The van der Waals surface area contributed by atoms with Gasteiger partial charge in [0.2, 0.25) is 10.0 Å². The number of hydrogen-bond donors (Lipinski definition) is 1. The van der Waals surface area contributed by atoms with Gasteiger partial charge in [-0.15, -0.1) is 0 Å². The lowest BCUT2D eigenvalue weighted by Crippen LogP contribution is -2.60. The number of carbonyl (C=O) groups excluding carboxylic acids is 2. The zero-order valence-corrected chi connectivity index (χ0v) is 21.9. The Morgan fingerprint density at radius 2 is 1.64 bits per heavy atom. The highest BCUT2D eigenvalue weighted by Gasteiger charge is 2.51. The average molecular weight is 531 g/mol. The van der Waals surface area contributed by atoms with Crippen LogP contribution in [0.5, 0.6) is 0 Å². The highest BCUT2D eigenvalue weighted by molar-refractivity contribution is 7.89. The predicted octanol–water partition coefficient (Wildman–Crippen LogP) is 4.40. The molecule has 0 radical (unpaired) electrons. The Morgan fingerprint density at radius 1 is 1.03 bits per heavy atom. The topological polar surface area (TPSA) is 92.8 Å². The average Bonchev–Trinajstić information content (AvgIpc) is 2.82. The number of sulfonamides is 1. The normalized spacial score (nSPS) is 26.7. The van der Waals surface area contributed by atoms with Crippen LogP contribution in [0.15, 0.2) is 53.4 Å². The third-order valence-corrected chi connectivity index (χ3v) is 10.0. The molecule has 2 aromatic carbocycles. The molecule has 0 unspecified atom stereocenters. The van der Waals surface area contributed by atoms with E-state index in [1.54, 1.807) is 0 Å². The van der Waals surface area contributed by atoms with Crippen LogP contribution in [0.25, 0.3) is 0 Å². The molecule has 4 bridgehead atoms. The Bertz CT molecular complexity index is 1230. The maximum atomic E-state index is 13.1. The molecule has 1 N–H and O–H groups in total. The van der Waals surface area contributed by atoms with Crippen LogP contribution >= 0.6 is 11.6 Å². The van der Waals surface area contributed by atoms with Crippen LogP contribution in [0.4, 0.5) is 0 Å². The minimum atomic E-state index is -3.88. The van der Waals surface area contributed by atoms with E-state index < -0.39 is 22.6 Å². The van der Waals surface area contributed by atoms with Gasteiger partial charge in [-0.05, 0) is 80.0 Å². The second-order valence-electron chi connectivity index (χ2n) is 10.7. The first kappa shape index (κ1) is 25.2. The Kier molecular flexibility index (Phi) is 6.87. The van der Waals surface area contributed by atoms with Crippen molar-refractivity contribution < 1.29 is 22.7 Å². The van der Waals surface area contributed by atoms with Crippen LogP contribution in [-0.4, -0.2) is 43.8 Å². The number of nitrogens with zero attached hydrogens (tertiary/aromatic N) is 1. The molecule has 192 valence electrons. The molecule has 0 aliphatic heterocycles. The number of carbonyl (C=O) groups is 2. The quantitative estimate of drug-likeness (QED) is 0.510. The van der Waals surface area contributed by atoms with Gasteiger partial charge in [-0.2, -0.15) is 4.31 Å². The summed E-state index contributed by atoms with van der Waals surface area (Å²) in [6.45, 7) is -0.252. The summed E-state index contributed by atoms with van der Waals surface area (Å²) in [5.41, 5.74) is 0.573. The number of ether oxygens (including phenoxy) is 1. The summed E-state index contributed by atoms with van der Waals surface area (Å²) in [6, 6.07) is 13.1. The van der Waals surface area contributed by atoms with E-state index in [1.807, 2.05) is 30.3 Å². The number of rotatable bonds is 8. The van der Waals surface area contributed by atoms with Crippen molar-refractivity contribution in [3.8, 4) is 0 Å². The zero-order valence-electron chi connectivity index (χ0n) is 20.3. The van der Waals surface area contributed by atoms with E-state index in [-0.39, 0.29) is 33.5 Å². The summed E-state index contributed by atoms with van der Waals surface area (Å²) in [7, 11) is -2.41. The number of halogens is 1. The van der Waals surface area contributed by atoms with Gasteiger partial charge in [0.25, 0.3) is 5.91 Å². The van der Waals surface area contributed by atoms with Crippen molar-refractivity contribution in [2.45, 2.75) is 55.5 Å². The molecular formula is C27H31ClN2O5S. The van der Waals surface area contributed by atoms with Crippen molar-refractivity contribution in [3.63, 3.8) is 0 Å². The fraction of sp³-hybridized carbons (Fsp3) is 0.481. The van der Waals surface area contributed by atoms with E-state index in [2.05, 4.69) is 5.32 Å². The smallest absolute Gasteiger partial charge is 0.340 e. The summed E-state index contributed by atoms with van der Waals surface area (Å²) in [5, 5.41) is 3.23. The highest BCUT2D eigenvalue weighted by atomic mass is 35.5. The highest BCUT2D eigenvalue weighted by Crippen LogP contribution is 2.55. The second kappa shape index (κ2) is 9.80. The molecule has 1 amide bonds. The van der Waals surface area contributed by atoms with Crippen molar-refractivity contribution in [1.29, 1.82) is 0 Å². The van der Waals surface area contributed by atoms with Crippen molar-refractivity contribution in [3.05, 3.63) is 64.7 Å². The van der Waals surface area contributed by atoms with Gasteiger partial charge in [-0.25, -0.2) is 13.2 Å². The minimum absolute atomic E-state index is 0.0613. The maximum absolute atomic E-state index is 13.1. The third kappa shape index (κ3) is 5.17. The Balaban J connectivity index is 1.23. The van der Waals surface area contributed by atoms with E-state index in [1.165, 1.54) is 48.8 Å². The van der Waals surface area contributed by atoms with Crippen LogP contribution in [0, 0.1) is 17.8 Å². The second-order valence-corrected chi connectivity index (χ2v) is 13.2. The lowest BCUT2D eigenvalue weighted by Gasteiger charge is -2.56. The molecule has 0 aromatic heterocycles. The number of amides is 1. The maximum Gasteiger partial charge on any atom is 0.340 e. The first-order valence-electron chi connectivity index (χ1n) is 12.4. The molecule has 2 aromatic rings. The Hall–Kier alpha value is -2.42. The molecule has 0 atom stereocenters. The molecular weight excluding hydrogens is 500 g/mol. The minimum Gasteiger partial charge on any atom is -0.452 e. The molecule has 4 aliphatic rings. The Morgan fingerprint density at radius 3 is 2.25 bits per heavy atom. The van der Waals surface area contributed by atoms with E-state index >= 15 is 0 Å². The van der Waals surface area contributed by atoms with Gasteiger partial charge < -0.3 is 10.1 Å². The van der Waals surface area contributed by atoms with E-state index in [0.29, 0.717) is 17.8 Å². The van der Waals surface area contributed by atoms with Crippen LogP contribution in [0.2, 0.25) is 5.02 Å². The standard InChI is InChI=1S/C27H31ClN2O5S/c1-30(16-18-5-3-2-4-6-18)36(33,34)22-7-8-24(28)23(12-22)26(32)35-17-25(31)29-27-13-19-9-20(14-27)11-21(10-19)15-27/h2-8,12,19-21H,9-11,13-17H2,1H3,(H,29,31). The van der Waals surface area contributed by atoms with Crippen LogP contribution in [-0.2, 0) is 26.1 Å². The summed E-state index contributed by atoms with van der Waals surface area (Å²) in [6.07, 6.45) is 6.80. The van der Waals surface area contributed by atoms with Gasteiger partial charge in [0.1, 0.15) is 0 Å². The molecule has 0 spiro atoms. The molecule has 9 heteroatoms. The summed E-state index contributed by atoms with van der Waals surface area (Å²) >= 11 is 6.20. The lowest BCUT2D eigenvalue weighted by atomic mass is 9.53. The molecule has 4 saturated carbocycles. The van der Waals surface area contributed by atoms with Crippen LogP contribution in [0.1, 0.15) is 54.4 Å². The zero-order chi connectivity index (χ0) is 25.5. The number of hydrogen-bond acceptors (Lipinski definition) is 5. The molecule has 6 rings (SSSR count). The van der Waals surface area contributed by atoms with Gasteiger partial charge >= 0.3 is 5.97 Å². The molecule has 4 fully saturated rings. The SMILES string of the molecule is CN(Cc1ccccc1)S(=O)(=O)c1ccc(Cl)c(C(=O)OCC(=O)NC23CC4CC(CC(C4)C2)C3)c1. The summed E-state index contributed by atoms with van der Waals surface area (Å²) in [4.78, 5) is 25.4. The third-order valence-electron chi connectivity index (χ3n) is 7.89. The summed E-state index contributed by atoms with van der Waals surface area (Å²) < 4.78 is 32.7. The fourth-order valence-corrected chi connectivity index (χ4v) is 8.11. The van der Waals surface area contributed by atoms with Gasteiger partial charge in [0, 0.05) is 19.1 Å². The molecule has 36 heavy (non-hydrogen) atoms. The summed E-state index contributed by atoms with van der Waals surface area (Å²) in [5.74, 6) is 0.893. The first-order valence-corrected chi connectivity index (χ1v) is 14.2. The van der Waals surface area contributed by atoms with Crippen molar-refractivity contribution in [1.82, 2.24) is 9.62 Å². The van der Waals surface area contributed by atoms with Crippen molar-refractivity contribution in [2.75, 3.05) is 13.7 Å². The van der Waals surface area contributed by atoms with Gasteiger partial charge in [0.05, 0.1) is 15.5 Å². The number of esters is 1. The van der Waals surface area contributed by atoms with Gasteiger partial charge in [-0.1, -0.05) is 41.9 Å². The van der Waals surface area contributed by atoms with E-state index in [0.717, 1.165) is 24.8 Å². The number of benzene rings is 2. The Labute approximate surface area is 217 Å². The lowest BCUT2D eigenvalue weighted by molar-refractivity contribution is -0.130. The molecule has 4 aliphatic carbocycles. The van der Waals surface area contributed by atoms with Crippen LogP contribution in [0.3, 0.4) is 0 Å². The molecule has 0 saturated heterocycles.